The Labute approximate surface area is 173 Å². The van der Waals surface area contributed by atoms with Crippen LogP contribution in [0.1, 0.15) is 47.2 Å². The van der Waals surface area contributed by atoms with Crippen molar-refractivity contribution in [1.82, 2.24) is 14.7 Å². The summed E-state index contributed by atoms with van der Waals surface area (Å²) in [6.07, 6.45) is 0. The minimum Gasteiger partial charge on any atom is -0.497 e. The van der Waals surface area contributed by atoms with Crippen LogP contribution in [0.4, 0.5) is 5.82 Å². The molecule has 0 unspecified atom stereocenters. The number of likely N-dealkylation sites (N-methyl/N-ethyl adjacent to an activating group) is 1. The Kier molecular flexibility index (Phi) is 6.40. The molecule has 0 saturated carbocycles. The van der Waals surface area contributed by atoms with Crippen molar-refractivity contribution in [2.24, 2.45) is 5.41 Å². The molecule has 2 aromatic rings. The number of rotatable bonds is 5. The van der Waals surface area contributed by atoms with Crippen molar-refractivity contribution in [1.29, 1.82) is 0 Å². The smallest absolute Gasteiger partial charge is 0.245 e. The van der Waals surface area contributed by atoms with Gasteiger partial charge >= 0.3 is 0 Å². The third-order valence-electron chi connectivity index (χ3n) is 4.43. The van der Waals surface area contributed by atoms with Gasteiger partial charge in [0.15, 0.2) is 0 Å². The Balaban J connectivity index is 2.29. The van der Waals surface area contributed by atoms with Crippen LogP contribution in [0, 0.1) is 5.41 Å². The summed E-state index contributed by atoms with van der Waals surface area (Å²) >= 11 is 0. The van der Waals surface area contributed by atoms with Crippen molar-refractivity contribution in [3.8, 4) is 11.4 Å². The topological polar surface area (TPSA) is 76.5 Å². The first-order valence-corrected chi connectivity index (χ1v) is 9.63. The average Bonchev–Trinajstić information content (AvgIpc) is 3.04. The monoisotopic (exact) mass is 400 g/mol. The number of benzene rings is 1. The van der Waals surface area contributed by atoms with Gasteiger partial charge in [0.05, 0.1) is 25.0 Å². The Morgan fingerprint density at radius 2 is 1.69 bits per heavy atom. The molecule has 1 aromatic heterocycles. The van der Waals surface area contributed by atoms with E-state index in [0.29, 0.717) is 5.82 Å². The van der Waals surface area contributed by atoms with Crippen molar-refractivity contribution >= 4 is 17.6 Å². The van der Waals surface area contributed by atoms with Crippen LogP contribution in [0.5, 0.6) is 5.75 Å². The van der Waals surface area contributed by atoms with Gasteiger partial charge in [-0.05, 0) is 24.3 Å². The molecule has 1 heterocycles. The van der Waals surface area contributed by atoms with E-state index >= 15 is 0 Å². The number of methoxy groups -OCH3 is 1. The van der Waals surface area contributed by atoms with Crippen molar-refractivity contribution < 1.29 is 14.3 Å². The molecule has 0 bridgehead atoms. The van der Waals surface area contributed by atoms with Crippen LogP contribution in [-0.4, -0.2) is 47.2 Å². The number of nitrogens with one attached hydrogen (secondary N) is 1. The quantitative estimate of drug-likeness (QED) is 0.832. The second-order valence-electron chi connectivity index (χ2n) is 9.23. The maximum absolute atomic E-state index is 12.6. The number of anilines is 1. The molecule has 0 aliphatic heterocycles. The van der Waals surface area contributed by atoms with Crippen LogP contribution in [0.15, 0.2) is 30.3 Å². The lowest BCUT2D eigenvalue weighted by Crippen LogP contribution is -2.41. The highest BCUT2D eigenvalue weighted by Crippen LogP contribution is 2.27. The average molecular weight is 401 g/mol. The summed E-state index contributed by atoms with van der Waals surface area (Å²) < 4.78 is 6.91. The molecule has 158 valence electrons. The molecule has 1 N–H and O–H groups in total. The fraction of sp³-hybridized carbons (Fsp3) is 0.500. The van der Waals surface area contributed by atoms with Gasteiger partial charge in [-0.2, -0.15) is 5.10 Å². The lowest BCUT2D eigenvalue weighted by Gasteiger charge is -2.25. The molecule has 0 aliphatic rings. The summed E-state index contributed by atoms with van der Waals surface area (Å²) in [5.41, 5.74) is 0.925. The largest absolute Gasteiger partial charge is 0.497 e. The molecule has 0 radical (unpaired) electrons. The van der Waals surface area contributed by atoms with Gasteiger partial charge in [0.1, 0.15) is 11.6 Å². The second kappa shape index (κ2) is 8.27. The van der Waals surface area contributed by atoms with Crippen LogP contribution in [0.25, 0.3) is 5.69 Å². The molecule has 0 aliphatic carbocycles. The lowest BCUT2D eigenvalue weighted by molar-refractivity contribution is -0.140. The van der Waals surface area contributed by atoms with Crippen molar-refractivity contribution in [2.45, 2.75) is 47.0 Å². The van der Waals surface area contributed by atoms with Crippen LogP contribution < -0.4 is 10.1 Å². The first kappa shape index (κ1) is 22.5. The molecule has 2 amide bonds. The number of aromatic nitrogens is 2. The zero-order chi connectivity index (χ0) is 22.0. The lowest BCUT2D eigenvalue weighted by atomic mass is 9.92. The van der Waals surface area contributed by atoms with Gasteiger partial charge in [-0.15, -0.1) is 0 Å². The summed E-state index contributed by atoms with van der Waals surface area (Å²) in [7, 11) is 3.25. The molecule has 1 aromatic carbocycles. The minimum atomic E-state index is -0.542. The van der Waals surface area contributed by atoms with Crippen molar-refractivity contribution in [2.75, 3.05) is 26.0 Å². The predicted molar refractivity (Wildman–Crippen MR) is 115 cm³/mol. The van der Waals surface area contributed by atoms with E-state index in [9.17, 15) is 9.59 Å². The van der Waals surface area contributed by atoms with Gasteiger partial charge in [-0.25, -0.2) is 4.68 Å². The van der Waals surface area contributed by atoms with E-state index in [2.05, 4.69) is 26.1 Å². The van der Waals surface area contributed by atoms with Gasteiger partial charge < -0.3 is 15.0 Å². The van der Waals surface area contributed by atoms with Gasteiger partial charge in [0.25, 0.3) is 0 Å². The van der Waals surface area contributed by atoms with E-state index in [-0.39, 0.29) is 23.8 Å². The van der Waals surface area contributed by atoms with Gasteiger partial charge in [-0.3, -0.25) is 9.59 Å². The second-order valence-corrected chi connectivity index (χ2v) is 9.23. The summed E-state index contributed by atoms with van der Waals surface area (Å²) in [4.78, 5) is 26.4. The summed E-state index contributed by atoms with van der Waals surface area (Å²) in [5, 5.41) is 7.60. The van der Waals surface area contributed by atoms with Crippen molar-refractivity contribution in [3.05, 3.63) is 36.0 Å². The predicted octanol–water partition coefficient (Wildman–Crippen LogP) is 3.62. The number of carbonyl (C=O) groups is 2. The number of amides is 2. The number of carbonyl (C=O) groups excluding carboxylic acids is 2. The Bertz CT molecular complexity index is 871. The molecule has 0 spiro atoms. The third kappa shape index (κ3) is 5.59. The normalized spacial score (nSPS) is 11.9. The maximum atomic E-state index is 12.6. The van der Waals surface area contributed by atoms with E-state index in [1.807, 2.05) is 51.1 Å². The molecule has 2 rings (SSSR count). The molecule has 7 heteroatoms. The van der Waals surface area contributed by atoms with Crippen LogP contribution in [-0.2, 0) is 15.0 Å². The number of nitrogens with zero attached hydrogens (tertiary/aromatic N) is 3. The SMILES string of the molecule is COc1ccc(-n2nc(C(C)(C)C)cc2NC(=O)CN(C)C(=O)C(C)(C)C)cc1. The molecule has 29 heavy (non-hydrogen) atoms. The molecule has 0 atom stereocenters. The van der Waals surface area contributed by atoms with Crippen LogP contribution in [0.3, 0.4) is 0 Å². The molecular formula is C22H32N4O3. The summed E-state index contributed by atoms with van der Waals surface area (Å²) in [6.45, 7) is 11.7. The van der Waals surface area contributed by atoms with Crippen molar-refractivity contribution in [3.63, 3.8) is 0 Å². The summed E-state index contributed by atoms with van der Waals surface area (Å²) in [5.74, 6) is 0.929. The first-order chi connectivity index (χ1) is 13.3. The molecular weight excluding hydrogens is 368 g/mol. The van der Waals surface area contributed by atoms with E-state index < -0.39 is 5.41 Å². The molecule has 0 saturated heterocycles. The highest BCUT2D eigenvalue weighted by Gasteiger charge is 2.27. The Morgan fingerprint density at radius 3 is 2.17 bits per heavy atom. The first-order valence-electron chi connectivity index (χ1n) is 9.63. The van der Waals surface area contributed by atoms with E-state index in [4.69, 9.17) is 9.84 Å². The third-order valence-corrected chi connectivity index (χ3v) is 4.43. The molecule has 7 nitrogen and oxygen atoms in total. The van der Waals surface area contributed by atoms with Gasteiger partial charge in [0, 0.05) is 23.9 Å². The zero-order valence-corrected chi connectivity index (χ0v) is 18.7. The fourth-order valence-corrected chi connectivity index (χ4v) is 2.80. The Hall–Kier alpha value is -2.83. The fourth-order valence-electron chi connectivity index (χ4n) is 2.80. The number of hydrogen-bond acceptors (Lipinski definition) is 4. The van der Waals surface area contributed by atoms with E-state index in [1.165, 1.54) is 4.90 Å². The molecule has 0 fully saturated rings. The number of hydrogen-bond donors (Lipinski definition) is 1. The van der Waals surface area contributed by atoms with Gasteiger partial charge in [0.2, 0.25) is 11.8 Å². The van der Waals surface area contributed by atoms with E-state index in [0.717, 1.165) is 17.1 Å². The minimum absolute atomic E-state index is 0.0330. The maximum Gasteiger partial charge on any atom is 0.245 e. The number of ether oxygens (including phenoxy) is 1. The van der Waals surface area contributed by atoms with Crippen LogP contribution >= 0.6 is 0 Å². The zero-order valence-electron chi connectivity index (χ0n) is 18.7. The van der Waals surface area contributed by atoms with Gasteiger partial charge in [-0.1, -0.05) is 41.5 Å². The summed E-state index contributed by atoms with van der Waals surface area (Å²) in [6, 6.07) is 9.31. The van der Waals surface area contributed by atoms with E-state index in [1.54, 1.807) is 18.8 Å². The highest BCUT2D eigenvalue weighted by atomic mass is 16.5. The highest BCUT2D eigenvalue weighted by molar-refractivity contribution is 5.94. The standard InChI is InChI=1S/C22H32N4O3/c1-21(2,3)17-13-18(23-19(27)14-25(7)20(28)22(4,5)6)26(24-17)15-9-11-16(29-8)12-10-15/h9-13H,14H2,1-8H3,(H,23,27). The van der Waals surface area contributed by atoms with Crippen LogP contribution in [0.2, 0.25) is 0 Å². The Morgan fingerprint density at radius 1 is 1.10 bits per heavy atom.